The van der Waals surface area contributed by atoms with E-state index in [1.54, 1.807) is 0 Å². The van der Waals surface area contributed by atoms with Gasteiger partial charge in [-0.05, 0) is 0 Å². The van der Waals surface area contributed by atoms with Crippen molar-refractivity contribution in [3.63, 3.8) is 0 Å². The van der Waals surface area contributed by atoms with Gasteiger partial charge in [-0.25, -0.2) is 0 Å². The SMILES string of the molecule is CC/C=C(\CC)C(CC)[I-]/C=C(\C)C(F)(F)F. The fourth-order valence-corrected chi connectivity index (χ4v) is 4.41. The molecule has 1 unspecified atom stereocenters. The number of alkyl halides is 4. The van der Waals surface area contributed by atoms with Gasteiger partial charge in [0.15, 0.2) is 0 Å². The third kappa shape index (κ3) is 6.48. The first kappa shape index (κ1) is 17.0. The summed E-state index contributed by atoms with van der Waals surface area (Å²) < 4.78 is 38.9. The maximum atomic E-state index is 12.4. The normalized spacial score (nSPS) is 16.4. The Kier molecular flexibility index (Phi) is 8.16. The second kappa shape index (κ2) is 8.16. The molecule has 0 amide bonds. The summed E-state index contributed by atoms with van der Waals surface area (Å²) in [6, 6.07) is 0. The van der Waals surface area contributed by atoms with Crippen LogP contribution in [0.1, 0.15) is 47.0 Å². The standard InChI is InChI=1S/C13H21F3I/c1-5-8-11(6-2)12(7-3)17-9-10(4)13(14,15)16/h8-9,12H,5-7H2,1-4H3/q-1/b10-9+,11-8+. The van der Waals surface area contributed by atoms with Gasteiger partial charge in [0.2, 0.25) is 0 Å². The van der Waals surface area contributed by atoms with Gasteiger partial charge in [-0.15, -0.1) is 0 Å². The zero-order chi connectivity index (χ0) is 13.5. The average molecular weight is 361 g/mol. The molecule has 102 valence electrons. The van der Waals surface area contributed by atoms with Crippen molar-refractivity contribution >= 4 is 0 Å². The Balaban J connectivity index is 4.67. The zero-order valence-corrected chi connectivity index (χ0v) is 13.0. The van der Waals surface area contributed by atoms with Crippen LogP contribution in [0.4, 0.5) is 13.2 Å². The van der Waals surface area contributed by atoms with E-state index in [0.29, 0.717) is 3.92 Å². The molecule has 17 heavy (non-hydrogen) atoms. The van der Waals surface area contributed by atoms with Gasteiger partial charge in [-0.1, -0.05) is 0 Å². The first-order valence-corrected chi connectivity index (χ1v) is 8.40. The molecule has 0 rings (SSSR count). The summed E-state index contributed by atoms with van der Waals surface area (Å²) in [7, 11) is 0. The van der Waals surface area contributed by atoms with Crippen molar-refractivity contribution in [2.24, 2.45) is 0 Å². The van der Waals surface area contributed by atoms with Crippen LogP contribution in [0.5, 0.6) is 0 Å². The Morgan fingerprint density at radius 2 is 1.82 bits per heavy atom. The molecule has 0 aromatic heterocycles. The molecule has 0 spiro atoms. The molecule has 0 aliphatic carbocycles. The maximum absolute atomic E-state index is 12.4. The summed E-state index contributed by atoms with van der Waals surface area (Å²) in [6.45, 7) is 7.37. The van der Waals surface area contributed by atoms with Gasteiger partial charge in [-0.2, -0.15) is 0 Å². The predicted molar refractivity (Wildman–Crippen MR) is 62.6 cm³/mol. The number of allylic oxidation sites excluding steroid dienone is 3. The topological polar surface area (TPSA) is 0 Å². The molecule has 4 heteroatoms. The monoisotopic (exact) mass is 361 g/mol. The van der Waals surface area contributed by atoms with Crippen molar-refractivity contribution in [1.29, 1.82) is 0 Å². The van der Waals surface area contributed by atoms with Crippen molar-refractivity contribution in [2.75, 3.05) is 0 Å². The van der Waals surface area contributed by atoms with E-state index >= 15 is 0 Å². The Morgan fingerprint density at radius 3 is 2.18 bits per heavy atom. The van der Waals surface area contributed by atoms with E-state index in [9.17, 15) is 13.2 Å². The minimum absolute atomic E-state index is 0.357. The molecule has 0 aliphatic heterocycles. The van der Waals surface area contributed by atoms with E-state index in [1.165, 1.54) is 16.6 Å². The summed E-state index contributed by atoms with van der Waals surface area (Å²) >= 11 is -0.557. The molecule has 0 bridgehead atoms. The molecular formula is C13H21F3I-. The molecule has 0 N–H and O–H groups in total. The Labute approximate surface area is 113 Å². The van der Waals surface area contributed by atoms with Gasteiger partial charge in [0.05, 0.1) is 0 Å². The molecule has 0 aromatic rings. The molecule has 0 aromatic carbocycles. The molecule has 0 saturated heterocycles. The van der Waals surface area contributed by atoms with Crippen LogP contribution < -0.4 is 21.2 Å². The van der Waals surface area contributed by atoms with Crippen LogP contribution in [0, 0.1) is 0 Å². The molecule has 1 atom stereocenters. The molecule has 0 heterocycles. The van der Waals surface area contributed by atoms with E-state index in [-0.39, 0.29) is 0 Å². The van der Waals surface area contributed by atoms with Crippen LogP contribution in [0.2, 0.25) is 0 Å². The second-order valence-electron chi connectivity index (χ2n) is 3.83. The Bertz CT molecular complexity index is 277. The van der Waals surface area contributed by atoms with Gasteiger partial charge < -0.3 is 0 Å². The van der Waals surface area contributed by atoms with Gasteiger partial charge in [0.25, 0.3) is 0 Å². The van der Waals surface area contributed by atoms with Crippen molar-refractivity contribution in [3.05, 3.63) is 21.3 Å². The van der Waals surface area contributed by atoms with Gasteiger partial charge >= 0.3 is 113 Å². The molecule has 0 aliphatic rings. The van der Waals surface area contributed by atoms with Gasteiger partial charge in [0, 0.05) is 0 Å². The molecule has 0 radical (unpaired) electrons. The second-order valence-corrected chi connectivity index (χ2v) is 6.68. The fourth-order valence-electron chi connectivity index (χ4n) is 1.42. The molecular weight excluding hydrogens is 340 g/mol. The third-order valence-electron chi connectivity index (χ3n) is 2.46. The molecule has 0 fully saturated rings. The summed E-state index contributed by atoms with van der Waals surface area (Å²) in [5.74, 6) is 0. The molecule has 0 nitrogen and oxygen atoms in total. The van der Waals surface area contributed by atoms with Crippen molar-refractivity contribution < 1.29 is 34.4 Å². The van der Waals surface area contributed by atoms with Crippen molar-refractivity contribution in [1.82, 2.24) is 0 Å². The molecule has 0 saturated carbocycles. The van der Waals surface area contributed by atoms with E-state index in [4.69, 9.17) is 0 Å². The summed E-state index contributed by atoms with van der Waals surface area (Å²) in [4.78, 5) is 0. The summed E-state index contributed by atoms with van der Waals surface area (Å²) in [5.41, 5.74) is 0.893. The van der Waals surface area contributed by atoms with Crippen LogP contribution in [-0.2, 0) is 0 Å². The van der Waals surface area contributed by atoms with Gasteiger partial charge in [-0.3, -0.25) is 0 Å². The van der Waals surface area contributed by atoms with Crippen molar-refractivity contribution in [2.45, 2.75) is 57.1 Å². The van der Waals surface area contributed by atoms with Crippen LogP contribution in [-0.4, -0.2) is 10.1 Å². The Hall–Kier alpha value is -0.0000000000000000555. The third-order valence-corrected chi connectivity index (χ3v) is 6.30. The number of hydrogen-bond acceptors (Lipinski definition) is 0. The van der Waals surface area contributed by atoms with Crippen LogP contribution in [0.3, 0.4) is 0 Å². The van der Waals surface area contributed by atoms with E-state index in [2.05, 4.69) is 26.8 Å². The summed E-state index contributed by atoms with van der Waals surface area (Å²) in [6.07, 6.45) is 0.869. The van der Waals surface area contributed by atoms with Crippen molar-refractivity contribution in [3.8, 4) is 0 Å². The predicted octanol–water partition coefficient (Wildman–Crippen LogP) is 2.07. The van der Waals surface area contributed by atoms with Crippen LogP contribution in [0.15, 0.2) is 21.3 Å². The summed E-state index contributed by atoms with van der Waals surface area (Å²) in [5, 5.41) is 0. The van der Waals surface area contributed by atoms with Gasteiger partial charge in [0.1, 0.15) is 0 Å². The quantitative estimate of drug-likeness (QED) is 0.386. The van der Waals surface area contributed by atoms with E-state index < -0.39 is 33.0 Å². The van der Waals surface area contributed by atoms with Crippen LogP contribution >= 0.6 is 0 Å². The number of rotatable bonds is 6. The average Bonchev–Trinajstić information content (AvgIpc) is 2.26. The van der Waals surface area contributed by atoms with E-state index in [1.807, 2.05) is 0 Å². The fraction of sp³-hybridized carbons (Fsp3) is 0.692. The Morgan fingerprint density at radius 1 is 1.24 bits per heavy atom. The van der Waals surface area contributed by atoms with E-state index in [0.717, 1.165) is 19.3 Å². The number of hydrogen-bond donors (Lipinski definition) is 0. The first-order valence-electron chi connectivity index (χ1n) is 5.91. The zero-order valence-electron chi connectivity index (χ0n) is 10.9. The number of halogens is 4. The first-order chi connectivity index (χ1) is 7.86. The minimum atomic E-state index is -4.15. The van der Waals surface area contributed by atoms with Crippen LogP contribution in [0.25, 0.3) is 0 Å².